The van der Waals surface area contributed by atoms with E-state index in [0.29, 0.717) is 19.4 Å². The number of rotatable bonds is 10. The van der Waals surface area contributed by atoms with Crippen molar-refractivity contribution >= 4 is 34.8 Å². The van der Waals surface area contributed by atoms with E-state index in [9.17, 15) is 0 Å². The molecule has 0 radical (unpaired) electrons. The summed E-state index contributed by atoms with van der Waals surface area (Å²) in [5.41, 5.74) is 14.9. The first-order valence-electron chi connectivity index (χ1n) is 12.2. The Balaban J connectivity index is 0.000000934. The maximum Gasteiger partial charge on any atom is 0.142 e. The Morgan fingerprint density at radius 3 is 2.71 bits per heavy atom. The number of fused-ring (bicyclic) bond motifs is 1. The van der Waals surface area contributed by atoms with Crippen molar-refractivity contribution in [2.45, 2.75) is 13.3 Å². The van der Waals surface area contributed by atoms with Crippen molar-refractivity contribution < 1.29 is 9.53 Å². The molecule has 3 aromatic heterocycles. The van der Waals surface area contributed by atoms with Gasteiger partial charge < -0.3 is 20.8 Å². The number of aryl methyl sites for hydroxylation is 2. The van der Waals surface area contributed by atoms with Gasteiger partial charge in [0.1, 0.15) is 11.9 Å². The number of pyridine rings is 1. The van der Waals surface area contributed by atoms with Crippen LogP contribution in [0.2, 0.25) is 0 Å². The summed E-state index contributed by atoms with van der Waals surface area (Å²) in [5.74, 6) is 0. The fourth-order valence-corrected chi connectivity index (χ4v) is 4.02. The number of ether oxygens (including phenoxy) is 1. The van der Waals surface area contributed by atoms with Gasteiger partial charge in [-0.25, -0.2) is 4.98 Å². The van der Waals surface area contributed by atoms with Crippen molar-refractivity contribution in [3.05, 3.63) is 72.8 Å². The van der Waals surface area contributed by atoms with Gasteiger partial charge in [0.15, 0.2) is 0 Å². The van der Waals surface area contributed by atoms with Crippen LogP contribution < -0.4 is 11.1 Å². The Kier molecular flexibility index (Phi) is 10.1. The Morgan fingerprint density at radius 1 is 1.29 bits per heavy atom. The monoisotopic (exact) mass is 513 g/mol. The molecule has 38 heavy (non-hydrogen) atoms. The molecule has 0 unspecified atom stereocenters. The number of carbonyl (C=O) groups is 1. The highest BCUT2D eigenvalue weighted by molar-refractivity contribution is 6.11. The van der Waals surface area contributed by atoms with E-state index >= 15 is 0 Å². The fourth-order valence-electron chi connectivity index (χ4n) is 4.02. The molecule has 0 saturated heterocycles. The largest absolute Gasteiger partial charge is 0.404 e. The number of aldehydes is 1. The maximum atomic E-state index is 9.06. The summed E-state index contributed by atoms with van der Waals surface area (Å²) in [6, 6.07) is 8.55. The van der Waals surface area contributed by atoms with Crippen LogP contribution >= 0.6 is 0 Å². The molecule has 3 heterocycles. The van der Waals surface area contributed by atoms with Crippen LogP contribution in [0.25, 0.3) is 39.0 Å². The summed E-state index contributed by atoms with van der Waals surface area (Å²) in [4.78, 5) is 21.8. The third-order valence-electron chi connectivity index (χ3n) is 5.91. The van der Waals surface area contributed by atoms with Crippen LogP contribution in [0.5, 0.6) is 0 Å². The van der Waals surface area contributed by atoms with Crippen molar-refractivity contribution in [1.29, 1.82) is 0 Å². The molecule has 0 aliphatic carbocycles. The van der Waals surface area contributed by atoms with Gasteiger partial charge in [0.2, 0.25) is 0 Å². The van der Waals surface area contributed by atoms with Gasteiger partial charge in [-0.05, 0) is 42.7 Å². The van der Waals surface area contributed by atoms with Crippen molar-refractivity contribution in [3.63, 3.8) is 0 Å². The van der Waals surface area contributed by atoms with E-state index in [1.165, 1.54) is 11.6 Å². The van der Waals surface area contributed by atoms with Crippen molar-refractivity contribution in [1.82, 2.24) is 19.7 Å². The normalized spacial score (nSPS) is 11.4. The molecule has 0 aliphatic rings. The second kappa shape index (κ2) is 13.7. The number of nitrogens with two attached hydrogens (primary N) is 1. The zero-order valence-electron chi connectivity index (χ0n) is 22.4. The second-order valence-corrected chi connectivity index (χ2v) is 8.55. The van der Waals surface area contributed by atoms with Crippen LogP contribution in [0.1, 0.15) is 17.5 Å². The first-order chi connectivity index (χ1) is 18.5. The number of anilines is 1. The number of benzene rings is 1. The minimum Gasteiger partial charge on any atom is -0.404 e. The molecule has 4 N–H and O–H groups in total. The molecule has 9 nitrogen and oxygen atoms in total. The number of carbonyl (C=O) groups excluding carboxylic acids is 1. The molecule has 4 rings (SSSR count). The number of nitrogens with zero attached hydrogens (tertiary/aromatic N) is 4. The predicted molar refractivity (Wildman–Crippen MR) is 156 cm³/mol. The minimum atomic E-state index is 0.639. The lowest BCUT2D eigenvalue weighted by atomic mass is 9.97. The number of aromatic amines is 1. The molecule has 1 aromatic carbocycles. The highest BCUT2D eigenvalue weighted by atomic mass is 16.5. The van der Waals surface area contributed by atoms with E-state index < -0.39 is 0 Å². The number of methoxy groups -OCH3 is 1. The van der Waals surface area contributed by atoms with Crippen molar-refractivity contribution in [2.75, 3.05) is 32.6 Å². The quantitative estimate of drug-likeness (QED) is 0.122. The van der Waals surface area contributed by atoms with Crippen LogP contribution in [0, 0.1) is 6.92 Å². The Labute approximate surface area is 223 Å². The molecule has 0 fully saturated rings. The Morgan fingerprint density at radius 2 is 2.08 bits per heavy atom. The molecule has 198 valence electrons. The zero-order valence-corrected chi connectivity index (χ0v) is 22.4. The smallest absolute Gasteiger partial charge is 0.142 e. The van der Waals surface area contributed by atoms with Gasteiger partial charge in [-0.15, -0.1) is 0 Å². The topological polar surface area (TPSA) is 123 Å². The highest BCUT2D eigenvalue weighted by Crippen LogP contribution is 2.39. The number of aliphatic imine (C=N–C) groups is 1. The van der Waals surface area contributed by atoms with Gasteiger partial charge in [0, 0.05) is 92.5 Å². The first-order valence-corrected chi connectivity index (χ1v) is 12.2. The standard InChI is InChI=1S/C26H31N7O.C3H4O/c1-17-6-7-18(11-23(17)28-2)24-22-10-19(20(12-27)13-29-8-5-9-34-4)14-30-26(22)32-25(24)21-15-31-33(3)16-21;1-2-3-4/h6-7,10-16,28H,5,8-9,27H2,1-4H3,(H,30,32);2-3H,1H2/b20-12+,29-13?;. The van der Waals surface area contributed by atoms with Crippen LogP contribution in [0.15, 0.2) is 66.7 Å². The summed E-state index contributed by atoms with van der Waals surface area (Å²) in [6.07, 6.45) is 11.8. The molecule has 0 bridgehead atoms. The van der Waals surface area contributed by atoms with Gasteiger partial charge in [-0.3, -0.25) is 14.5 Å². The van der Waals surface area contributed by atoms with Gasteiger partial charge in [-0.1, -0.05) is 18.7 Å². The molecule has 0 atom stereocenters. The number of hydrogen-bond acceptors (Lipinski definition) is 7. The van der Waals surface area contributed by atoms with Crippen LogP contribution in [0.3, 0.4) is 0 Å². The Hall–Kier alpha value is -4.50. The molecule has 0 saturated carbocycles. The third-order valence-corrected chi connectivity index (χ3v) is 5.91. The molecule has 9 heteroatoms. The predicted octanol–water partition coefficient (Wildman–Crippen LogP) is 4.76. The van der Waals surface area contributed by atoms with E-state index in [2.05, 4.69) is 58.2 Å². The van der Waals surface area contributed by atoms with Gasteiger partial charge in [0.05, 0.1) is 11.9 Å². The van der Waals surface area contributed by atoms with E-state index in [4.69, 9.17) is 20.2 Å². The molecule has 4 aromatic rings. The van der Waals surface area contributed by atoms with Crippen LogP contribution in [-0.2, 0) is 16.6 Å². The maximum absolute atomic E-state index is 9.06. The summed E-state index contributed by atoms with van der Waals surface area (Å²) in [7, 11) is 5.54. The number of H-pyrrole nitrogens is 1. The van der Waals surface area contributed by atoms with Crippen LogP contribution in [0.4, 0.5) is 5.69 Å². The summed E-state index contributed by atoms with van der Waals surface area (Å²) < 4.78 is 6.89. The van der Waals surface area contributed by atoms with E-state index in [1.807, 2.05) is 32.7 Å². The van der Waals surface area contributed by atoms with E-state index in [0.717, 1.165) is 56.7 Å². The molecule has 0 amide bonds. The fraction of sp³-hybridized carbons (Fsp3) is 0.241. The molecule has 0 spiro atoms. The molecular weight excluding hydrogens is 478 g/mol. The lowest BCUT2D eigenvalue weighted by Gasteiger charge is -2.10. The van der Waals surface area contributed by atoms with Crippen molar-refractivity contribution in [2.24, 2.45) is 17.8 Å². The zero-order chi connectivity index (χ0) is 27.5. The molecule has 0 aliphatic heterocycles. The average molecular weight is 514 g/mol. The summed E-state index contributed by atoms with van der Waals surface area (Å²) in [5, 5.41) is 8.67. The SMILES string of the molecule is C=CC=O.CNc1cc(-c2c(-c3cnn(C)c3)[nH]c3ncc(/C(C=NCCCOC)=C/N)cc23)ccc1C. The van der Waals surface area contributed by atoms with E-state index in [1.54, 1.807) is 24.2 Å². The summed E-state index contributed by atoms with van der Waals surface area (Å²) >= 11 is 0. The second-order valence-electron chi connectivity index (χ2n) is 8.55. The van der Waals surface area contributed by atoms with E-state index in [-0.39, 0.29) is 0 Å². The Bertz CT molecular complexity index is 1440. The van der Waals surface area contributed by atoms with Gasteiger partial charge >= 0.3 is 0 Å². The lowest BCUT2D eigenvalue weighted by Crippen LogP contribution is -1.95. The van der Waals surface area contributed by atoms with Gasteiger partial charge in [0.25, 0.3) is 0 Å². The summed E-state index contributed by atoms with van der Waals surface area (Å²) in [6.45, 7) is 6.57. The molecular formula is C29H35N7O2. The van der Waals surface area contributed by atoms with Crippen LogP contribution in [-0.4, -0.2) is 59.6 Å². The lowest BCUT2D eigenvalue weighted by molar-refractivity contribution is -0.104. The number of allylic oxidation sites excluding steroid dienone is 2. The number of hydrogen-bond donors (Lipinski definition) is 3. The highest BCUT2D eigenvalue weighted by Gasteiger charge is 2.18. The number of aromatic nitrogens is 4. The minimum absolute atomic E-state index is 0.639. The average Bonchev–Trinajstić information content (AvgIpc) is 3.54. The first kappa shape index (κ1) is 28.1. The number of nitrogens with one attached hydrogen (secondary N) is 2. The van der Waals surface area contributed by atoms with Crippen molar-refractivity contribution in [3.8, 4) is 22.4 Å². The third kappa shape index (κ3) is 6.63. The van der Waals surface area contributed by atoms with Gasteiger partial charge in [-0.2, -0.15) is 5.10 Å².